The van der Waals surface area contributed by atoms with E-state index >= 15 is 0 Å². The Morgan fingerprint density at radius 2 is 1.91 bits per heavy atom. The van der Waals surface area contributed by atoms with Gasteiger partial charge in [0.1, 0.15) is 23.9 Å². The van der Waals surface area contributed by atoms with Crippen LogP contribution in [0.4, 0.5) is 5.69 Å². The monoisotopic (exact) mass is 451 g/mol. The molecule has 1 aromatic carbocycles. The minimum Gasteiger partial charge on any atom is -0.378 e. The van der Waals surface area contributed by atoms with Gasteiger partial charge in [0, 0.05) is 24.1 Å². The number of pyridine rings is 1. The van der Waals surface area contributed by atoms with Crippen LogP contribution in [0.1, 0.15) is 39.0 Å². The molecule has 0 saturated heterocycles. The van der Waals surface area contributed by atoms with Crippen LogP contribution in [0.25, 0.3) is 5.70 Å². The number of allylic oxidation sites excluding steroid dienone is 2. The Morgan fingerprint density at radius 3 is 2.59 bits per heavy atom. The van der Waals surface area contributed by atoms with Gasteiger partial charge in [0.25, 0.3) is 0 Å². The van der Waals surface area contributed by atoms with Gasteiger partial charge in [0.15, 0.2) is 0 Å². The van der Waals surface area contributed by atoms with Crippen molar-refractivity contribution >= 4 is 28.8 Å². The van der Waals surface area contributed by atoms with E-state index in [0.717, 1.165) is 28.5 Å². The number of aliphatic imine (C=N–C) groups is 1. The maximum absolute atomic E-state index is 6.37. The molecule has 168 valence electrons. The van der Waals surface area contributed by atoms with Gasteiger partial charge < -0.3 is 15.4 Å². The van der Waals surface area contributed by atoms with Crippen molar-refractivity contribution in [1.29, 1.82) is 0 Å². The average Bonchev–Trinajstić information content (AvgIpc) is 2.77. The predicted molar refractivity (Wildman–Crippen MR) is 132 cm³/mol. The van der Waals surface area contributed by atoms with E-state index in [-0.39, 0.29) is 17.7 Å². The minimum atomic E-state index is -0.181. The first-order valence-electron chi connectivity index (χ1n) is 10.9. The molecule has 0 amide bonds. The number of nitrogens with zero attached hydrogens (tertiary/aromatic N) is 2. The predicted octanol–water partition coefficient (Wildman–Crippen LogP) is 4.71. The van der Waals surface area contributed by atoms with Crippen molar-refractivity contribution in [3.63, 3.8) is 0 Å². The molecule has 3 N–H and O–H groups in total. The fraction of sp³-hybridized carbons (Fsp3) is 0.360. The maximum Gasteiger partial charge on any atom is 0.133 e. The van der Waals surface area contributed by atoms with Crippen molar-refractivity contribution in [2.24, 2.45) is 4.99 Å². The molecule has 0 radical (unpaired) electrons. The van der Waals surface area contributed by atoms with Crippen LogP contribution >= 0.6 is 11.6 Å². The van der Waals surface area contributed by atoms with Crippen molar-refractivity contribution in [1.82, 2.24) is 15.6 Å². The molecular formula is C25H30ClN5O. The molecule has 4 rings (SSSR count). The van der Waals surface area contributed by atoms with Crippen molar-refractivity contribution in [3.8, 4) is 0 Å². The number of hydrogen-bond acceptors (Lipinski definition) is 6. The fourth-order valence-corrected chi connectivity index (χ4v) is 3.92. The number of benzene rings is 1. The molecule has 2 aromatic rings. The Morgan fingerprint density at radius 1 is 1.12 bits per heavy atom. The van der Waals surface area contributed by atoms with Crippen LogP contribution in [0.2, 0.25) is 5.02 Å². The van der Waals surface area contributed by atoms with E-state index in [9.17, 15) is 0 Å². The highest BCUT2D eigenvalue weighted by Gasteiger charge is 2.31. The van der Waals surface area contributed by atoms with Crippen LogP contribution in [0, 0.1) is 0 Å². The summed E-state index contributed by atoms with van der Waals surface area (Å²) in [6, 6.07) is 12.2. The van der Waals surface area contributed by atoms with Crippen molar-refractivity contribution in [3.05, 3.63) is 76.6 Å². The highest BCUT2D eigenvalue weighted by molar-refractivity contribution is 6.32. The maximum atomic E-state index is 6.37. The summed E-state index contributed by atoms with van der Waals surface area (Å²) in [5.74, 6) is 0.817. The van der Waals surface area contributed by atoms with Crippen molar-refractivity contribution in [2.75, 3.05) is 18.5 Å². The molecule has 0 bridgehead atoms. The Labute approximate surface area is 194 Å². The number of fused-ring (bicyclic) bond motifs is 1. The molecule has 2 aliphatic rings. The lowest BCUT2D eigenvalue weighted by Crippen LogP contribution is -2.55. The van der Waals surface area contributed by atoms with Crippen molar-refractivity contribution < 1.29 is 4.74 Å². The lowest BCUT2D eigenvalue weighted by atomic mass is 9.87. The zero-order valence-electron chi connectivity index (χ0n) is 18.9. The first-order chi connectivity index (χ1) is 15.3. The summed E-state index contributed by atoms with van der Waals surface area (Å²) in [5, 5.41) is 11.1. The van der Waals surface area contributed by atoms with Crippen LogP contribution in [-0.4, -0.2) is 36.4 Å². The van der Waals surface area contributed by atoms with E-state index in [1.165, 1.54) is 5.56 Å². The topological polar surface area (TPSA) is 70.6 Å². The van der Waals surface area contributed by atoms with Crippen LogP contribution in [-0.2, 0) is 10.2 Å². The first-order valence-corrected chi connectivity index (χ1v) is 11.3. The van der Waals surface area contributed by atoms with Gasteiger partial charge in [-0.1, -0.05) is 44.5 Å². The Hall–Kier alpha value is -2.67. The van der Waals surface area contributed by atoms with Gasteiger partial charge >= 0.3 is 0 Å². The van der Waals surface area contributed by atoms with Gasteiger partial charge in [-0.2, -0.15) is 0 Å². The summed E-state index contributed by atoms with van der Waals surface area (Å²) in [6.45, 7) is 9.75. The third-order valence-electron chi connectivity index (χ3n) is 5.46. The molecular weight excluding hydrogens is 422 g/mol. The Bertz CT molecular complexity index is 1050. The van der Waals surface area contributed by atoms with E-state index in [1.54, 1.807) is 6.20 Å². The summed E-state index contributed by atoms with van der Waals surface area (Å²) < 4.78 is 5.64. The number of aromatic nitrogens is 1. The number of rotatable bonds is 5. The molecule has 0 fully saturated rings. The van der Waals surface area contributed by atoms with E-state index in [2.05, 4.69) is 72.0 Å². The standard InChI is InChI=1S/C25H30ClN5O/c1-5-32-15-21-30-23(28-17-10-8-16(9-11-17)25(2,3)4)18-12-13-20(29-24(18)31-21)22-19(26)7-6-14-27-22/h6-14,21,24,29,31H,5,15H2,1-4H3,(H,28,30). The van der Waals surface area contributed by atoms with E-state index in [4.69, 9.17) is 21.3 Å². The van der Waals surface area contributed by atoms with Crippen LogP contribution < -0.4 is 16.0 Å². The second-order valence-electron chi connectivity index (χ2n) is 8.89. The molecule has 32 heavy (non-hydrogen) atoms. The number of amidine groups is 1. The zero-order chi connectivity index (χ0) is 22.7. The van der Waals surface area contributed by atoms with Gasteiger partial charge in [-0.25, -0.2) is 4.99 Å². The third-order valence-corrected chi connectivity index (χ3v) is 5.77. The summed E-state index contributed by atoms with van der Waals surface area (Å²) in [6.07, 6.45) is 5.46. The number of ether oxygens (including phenoxy) is 1. The van der Waals surface area contributed by atoms with E-state index in [0.29, 0.717) is 18.2 Å². The molecule has 2 atom stereocenters. The molecule has 0 spiro atoms. The summed E-state index contributed by atoms with van der Waals surface area (Å²) in [4.78, 5) is 9.31. The van der Waals surface area contributed by atoms with Gasteiger partial charge in [0.05, 0.1) is 17.3 Å². The molecule has 0 saturated carbocycles. The van der Waals surface area contributed by atoms with Crippen LogP contribution in [0.15, 0.2) is 65.3 Å². The summed E-state index contributed by atoms with van der Waals surface area (Å²) in [5.41, 5.74) is 5.01. The fourth-order valence-electron chi connectivity index (χ4n) is 3.70. The highest BCUT2D eigenvalue weighted by Crippen LogP contribution is 2.27. The number of anilines is 1. The normalized spacial score (nSPS) is 20.5. The zero-order valence-corrected chi connectivity index (χ0v) is 19.7. The quantitative estimate of drug-likeness (QED) is 0.614. The lowest BCUT2D eigenvalue weighted by Gasteiger charge is -2.35. The highest BCUT2D eigenvalue weighted by atomic mass is 35.5. The second kappa shape index (κ2) is 9.45. The molecule has 3 heterocycles. The summed E-state index contributed by atoms with van der Waals surface area (Å²) >= 11 is 6.37. The van der Waals surface area contributed by atoms with Crippen LogP contribution in [0.3, 0.4) is 0 Å². The Kier molecular flexibility index (Phi) is 6.65. The van der Waals surface area contributed by atoms with Crippen LogP contribution in [0.5, 0.6) is 0 Å². The van der Waals surface area contributed by atoms with Crippen molar-refractivity contribution in [2.45, 2.75) is 45.4 Å². The minimum absolute atomic E-state index is 0.113. The van der Waals surface area contributed by atoms with Gasteiger partial charge in [0.2, 0.25) is 0 Å². The molecule has 2 aliphatic heterocycles. The van der Waals surface area contributed by atoms with Gasteiger partial charge in [-0.3, -0.25) is 10.3 Å². The largest absolute Gasteiger partial charge is 0.378 e. The van der Waals surface area contributed by atoms with Gasteiger partial charge in [-0.15, -0.1) is 0 Å². The number of dihydropyridines is 1. The molecule has 7 heteroatoms. The first kappa shape index (κ1) is 22.5. The molecule has 2 unspecified atom stereocenters. The molecule has 1 aromatic heterocycles. The smallest absolute Gasteiger partial charge is 0.133 e. The number of halogens is 1. The molecule has 6 nitrogen and oxygen atoms in total. The van der Waals surface area contributed by atoms with E-state index in [1.807, 2.05) is 25.1 Å². The van der Waals surface area contributed by atoms with E-state index < -0.39 is 0 Å². The second-order valence-corrected chi connectivity index (χ2v) is 9.29. The summed E-state index contributed by atoms with van der Waals surface area (Å²) in [7, 11) is 0. The average molecular weight is 452 g/mol. The SMILES string of the molecule is CCOCC1N=C(Nc2ccc(C(C)(C)C)cc2)C2=CC=C(c3ncccc3Cl)NC2N1. The van der Waals surface area contributed by atoms with Gasteiger partial charge in [-0.05, 0) is 54.3 Å². The molecule has 0 aliphatic carbocycles. The number of nitrogens with one attached hydrogen (secondary N) is 3. The lowest BCUT2D eigenvalue weighted by molar-refractivity contribution is 0.120. The third kappa shape index (κ3) is 5.04. The number of hydrogen-bond donors (Lipinski definition) is 3. The Balaban J connectivity index is 1.62.